The van der Waals surface area contributed by atoms with E-state index in [9.17, 15) is 19.2 Å². The SMILES string of the molecule is O=CC(=O)/C=C\C(=O)NCCN1CCCC1=O. The van der Waals surface area contributed by atoms with Crippen LogP contribution in [0.1, 0.15) is 12.8 Å². The Morgan fingerprint density at radius 2 is 2.12 bits per heavy atom. The number of nitrogens with zero attached hydrogens (tertiary/aromatic N) is 1. The monoisotopic (exact) mass is 238 g/mol. The van der Waals surface area contributed by atoms with Gasteiger partial charge < -0.3 is 10.2 Å². The van der Waals surface area contributed by atoms with E-state index in [0.717, 1.165) is 25.1 Å². The maximum absolute atomic E-state index is 11.2. The zero-order valence-electron chi connectivity index (χ0n) is 9.35. The molecule has 1 rings (SSSR count). The number of hydrogen-bond donors (Lipinski definition) is 1. The lowest BCUT2D eigenvalue weighted by atomic mass is 10.3. The first kappa shape index (κ1) is 13.1. The molecule has 0 spiro atoms. The normalized spacial score (nSPS) is 15.3. The average Bonchev–Trinajstić information content (AvgIpc) is 2.72. The first-order chi connectivity index (χ1) is 8.13. The molecule has 0 atom stereocenters. The molecule has 0 aliphatic carbocycles. The first-order valence-electron chi connectivity index (χ1n) is 5.36. The van der Waals surface area contributed by atoms with Crippen molar-refractivity contribution < 1.29 is 19.2 Å². The number of rotatable bonds is 6. The van der Waals surface area contributed by atoms with Crippen LogP contribution < -0.4 is 5.32 Å². The third-order valence-corrected chi connectivity index (χ3v) is 2.37. The Morgan fingerprint density at radius 3 is 2.71 bits per heavy atom. The Kier molecular flexibility index (Phi) is 5.06. The molecule has 1 aliphatic heterocycles. The van der Waals surface area contributed by atoms with Gasteiger partial charge in [0.05, 0.1) is 0 Å². The Balaban J connectivity index is 2.20. The number of likely N-dealkylation sites (tertiary alicyclic amines) is 1. The third-order valence-electron chi connectivity index (χ3n) is 2.37. The van der Waals surface area contributed by atoms with Gasteiger partial charge in [-0.3, -0.25) is 19.2 Å². The molecule has 17 heavy (non-hydrogen) atoms. The average molecular weight is 238 g/mol. The fourth-order valence-corrected chi connectivity index (χ4v) is 1.51. The summed E-state index contributed by atoms with van der Waals surface area (Å²) in [5.41, 5.74) is 0. The van der Waals surface area contributed by atoms with Crippen molar-refractivity contribution in [3.63, 3.8) is 0 Å². The van der Waals surface area contributed by atoms with E-state index in [-0.39, 0.29) is 12.2 Å². The Hall–Kier alpha value is -1.98. The van der Waals surface area contributed by atoms with Gasteiger partial charge in [-0.1, -0.05) is 0 Å². The summed E-state index contributed by atoms with van der Waals surface area (Å²) in [6.45, 7) is 1.54. The molecule has 1 N–H and O–H groups in total. The highest BCUT2D eigenvalue weighted by Crippen LogP contribution is 2.07. The van der Waals surface area contributed by atoms with Crippen LogP contribution in [0.3, 0.4) is 0 Å². The van der Waals surface area contributed by atoms with Gasteiger partial charge in [0.15, 0.2) is 6.29 Å². The minimum absolute atomic E-state index is 0.103. The molecule has 2 amide bonds. The van der Waals surface area contributed by atoms with Crippen LogP contribution in [-0.4, -0.2) is 48.4 Å². The minimum atomic E-state index is -0.755. The quantitative estimate of drug-likeness (QED) is 0.367. The van der Waals surface area contributed by atoms with E-state index in [0.29, 0.717) is 19.5 Å². The van der Waals surface area contributed by atoms with Gasteiger partial charge in [0.1, 0.15) is 0 Å². The van der Waals surface area contributed by atoms with Gasteiger partial charge in [0.25, 0.3) is 0 Å². The van der Waals surface area contributed by atoms with Crippen molar-refractivity contribution in [1.82, 2.24) is 10.2 Å². The fourth-order valence-electron chi connectivity index (χ4n) is 1.51. The molecule has 1 aliphatic rings. The number of allylic oxidation sites excluding steroid dienone is 1. The van der Waals surface area contributed by atoms with E-state index in [1.807, 2.05) is 0 Å². The lowest BCUT2D eigenvalue weighted by Crippen LogP contribution is -2.34. The molecule has 1 saturated heterocycles. The molecule has 6 heteroatoms. The summed E-state index contributed by atoms with van der Waals surface area (Å²) in [6, 6.07) is 0. The highest BCUT2D eigenvalue weighted by atomic mass is 16.2. The van der Waals surface area contributed by atoms with Crippen molar-refractivity contribution >= 4 is 23.9 Å². The predicted octanol–water partition coefficient (Wildman–Crippen LogP) is -0.951. The van der Waals surface area contributed by atoms with Gasteiger partial charge in [-0.15, -0.1) is 0 Å². The number of hydrogen-bond acceptors (Lipinski definition) is 4. The minimum Gasteiger partial charge on any atom is -0.351 e. The second-order valence-electron chi connectivity index (χ2n) is 3.63. The second kappa shape index (κ2) is 6.57. The number of amides is 2. The number of aldehydes is 1. The van der Waals surface area contributed by atoms with Crippen LogP contribution in [-0.2, 0) is 19.2 Å². The van der Waals surface area contributed by atoms with Gasteiger partial charge in [0, 0.05) is 32.1 Å². The first-order valence-corrected chi connectivity index (χ1v) is 5.36. The number of carbonyl (C=O) groups excluding carboxylic acids is 4. The number of carbonyl (C=O) groups is 4. The predicted molar refractivity (Wildman–Crippen MR) is 59.0 cm³/mol. The van der Waals surface area contributed by atoms with E-state index in [4.69, 9.17) is 0 Å². The van der Waals surface area contributed by atoms with Crippen LogP contribution in [0.4, 0.5) is 0 Å². The molecule has 92 valence electrons. The van der Waals surface area contributed by atoms with Crippen LogP contribution in [0.5, 0.6) is 0 Å². The summed E-state index contributed by atoms with van der Waals surface area (Å²) in [5.74, 6) is -1.10. The number of ketones is 1. The van der Waals surface area contributed by atoms with Gasteiger partial charge in [-0.05, 0) is 12.5 Å². The molecule has 0 aromatic carbocycles. The smallest absolute Gasteiger partial charge is 0.244 e. The molecule has 0 aromatic rings. The van der Waals surface area contributed by atoms with E-state index < -0.39 is 11.7 Å². The molecule has 0 aromatic heterocycles. The summed E-state index contributed by atoms with van der Waals surface area (Å²) in [4.78, 5) is 44.6. The van der Waals surface area contributed by atoms with Gasteiger partial charge >= 0.3 is 0 Å². The zero-order valence-corrected chi connectivity index (χ0v) is 9.35. The summed E-state index contributed by atoms with van der Waals surface area (Å²) < 4.78 is 0. The molecule has 6 nitrogen and oxygen atoms in total. The highest BCUT2D eigenvalue weighted by Gasteiger charge is 2.19. The van der Waals surface area contributed by atoms with Crippen LogP contribution in [0, 0.1) is 0 Å². The van der Waals surface area contributed by atoms with Gasteiger partial charge in [-0.2, -0.15) is 0 Å². The summed E-state index contributed by atoms with van der Waals surface area (Å²) in [6.07, 6.45) is 3.47. The molecular formula is C11H14N2O4. The molecule has 1 heterocycles. The van der Waals surface area contributed by atoms with Crippen molar-refractivity contribution in [2.45, 2.75) is 12.8 Å². The third kappa shape index (κ3) is 4.58. The molecule has 0 saturated carbocycles. The molecule has 0 unspecified atom stereocenters. The Morgan fingerprint density at radius 1 is 1.35 bits per heavy atom. The van der Waals surface area contributed by atoms with Crippen molar-refractivity contribution in [3.05, 3.63) is 12.2 Å². The largest absolute Gasteiger partial charge is 0.351 e. The maximum Gasteiger partial charge on any atom is 0.244 e. The fraction of sp³-hybridized carbons (Fsp3) is 0.455. The summed E-state index contributed by atoms with van der Waals surface area (Å²) in [7, 11) is 0. The lowest BCUT2D eigenvalue weighted by Gasteiger charge is -2.14. The van der Waals surface area contributed by atoms with E-state index in [1.54, 1.807) is 4.90 Å². The lowest BCUT2D eigenvalue weighted by molar-refractivity contribution is -0.128. The Labute approximate surface area is 98.6 Å². The van der Waals surface area contributed by atoms with Crippen molar-refractivity contribution in [3.8, 4) is 0 Å². The van der Waals surface area contributed by atoms with Gasteiger partial charge in [-0.25, -0.2) is 0 Å². The molecule has 1 fully saturated rings. The van der Waals surface area contributed by atoms with Crippen LogP contribution in [0.15, 0.2) is 12.2 Å². The Bertz CT molecular complexity index is 362. The highest BCUT2D eigenvalue weighted by molar-refractivity contribution is 6.31. The van der Waals surface area contributed by atoms with Crippen molar-refractivity contribution in [1.29, 1.82) is 0 Å². The topological polar surface area (TPSA) is 83.6 Å². The number of nitrogens with one attached hydrogen (secondary N) is 1. The summed E-state index contributed by atoms with van der Waals surface area (Å²) in [5, 5.41) is 2.52. The second-order valence-corrected chi connectivity index (χ2v) is 3.63. The molecular weight excluding hydrogens is 224 g/mol. The van der Waals surface area contributed by atoms with E-state index in [2.05, 4.69) is 5.32 Å². The zero-order chi connectivity index (χ0) is 12.7. The van der Waals surface area contributed by atoms with Crippen LogP contribution in [0.25, 0.3) is 0 Å². The van der Waals surface area contributed by atoms with Crippen LogP contribution >= 0.6 is 0 Å². The van der Waals surface area contributed by atoms with Gasteiger partial charge in [0.2, 0.25) is 17.6 Å². The van der Waals surface area contributed by atoms with Crippen molar-refractivity contribution in [2.75, 3.05) is 19.6 Å². The van der Waals surface area contributed by atoms with E-state index >= 15 is 0 Å². The van der Waals surface area contributed by atoms with E-state index in [1.165, 1.54) is 0 Å². The molecule has 0 radical (unpaired) electrons. The molecule has 0 bridgehead atoms. The van der Waals surface area contributed by atoms with Crippen molar-refractivity contribution in [2.24, 2.45) is 0 Å². The standard InChI is InChI=1S/C11H14N2O4/c14-8-9(15)3-4-10(16)12-5-7-13-6-1-2-11(13)17/h3-4,8H,1-2,5-7H2,(H,12,16)/b4-3-. The summed E-state index contributed by atoms with van der Waals surface area (Å²) >= 11 is 0. The maximum atomic E-state index is 11.2. The van der Waals surface area contributed by atoms with Crippen LogP contribution in [0.2, 0.25) is 0 Å².